The second-order valence-electron chi connectivity index (χ2n) is 5.70. The second kappa shape index (κ2) is 7.19. The van der Waals surface area contributed by atoms with Gasteiger partial charge in [-0.25, -0.2) is 0 Å². The molecular weight excluding hydrogens is 300 g/mol. The van der Waals surface area contributed by atoms with E-state index in [1.54, 1.807) is 24.9 Å². The highest BCUT2D eigenvalue weighted by Crippen LogP contribution is 2.23. The molecule has 8 heteroatoms. The number of nitrogens with zero attached hydrogens (tertiary/aromatic N) is 2. The molecule has 23 heavy (non-hydrogen) atoms. The van der Waals surface area contributed by atoms with Crippen LogP contribution in [0.2, 0.25) is 0 Å². The van der Waals surface area contributed by atoms with E-state index >= 15 is 0 Å². The third-order valence-electron chi connectivity index (χ3n) is 3.73. The molecule has 1 saturated carbocycles. The molecule has 1 fully saturated rings. The summed E-state index contributed by atoms with van der Waals surface area (Å²) in [5.74, 6) is -0.527. The van der Waals surface area contributed by atoms with Crippen LogP contribution in [0, 0.1) is 10.1 Å². The van der Waals surface area contributed by atoms with Crippen molar-refractivity contribution in [2.24, 2.45) is 0 Å². The number of nitro groups is 1. The number of anilines is 1. The topological polar surface area (TPSA) is 105 Å². The van der Waals surface area contributed by atoms with E-state index in [0.717, 1.165) is 12.8 Å². The van der Waals surface area contributed by atoms with Crippen LogP contribution in [0.3, 0.4) is 0 Å². The fourth-order valence-electron chi connectivity index (χ4n) is 2.04. The Morgan fingerprint density at radius 1 is 1.39 bits per heavy atom. The van der Waals surface area contributed by atoms with Gasteiger partial charge < -0.3 is 10.6 Å². The summed E-state index contributed by atoms with van der Waals surface area (Å²) in [7, 11) is 1.66. The minimum absolute atomic E-state index is 0.0992. The van der Waals surface area contributed by atoms with Gasteiger partial charge in [-0.3, -0.25) is 24.6 Å². The van der Waals surface area contributed by atoms with Crippen molar-refractivity contribution < 1.29 is 14.5 Å². The van der Waals surface area contributed by atoms with Crippen molar-refractivity contribution in [1.29, 1.82) is 0 Å². The number of hydrogen-bond acceptors (Lipinski definition) is 5. The first-order valence-corrected chi connectivity index (χ1v) is 7.42. The van der Waals surface area contributed by atoms with E-state index < -0.39 is 16.9 Å². The first-order chi connectivity index (χ1) is 10.9. The molecule has 1 aliphatic rings. The van der Waals surface area contributed by atoms with Gasteiger partial charge in [0.1, 0.15) is 5.69 Å². The van der Waals surface area contributed by atoms with Gasteiger partial charge in [0.15, 0.2) is 0 Å². The van der Waals surface area contributed by atoms with E-state index in [9.17, 15) is 19.7 Å². The van der Waals surface area contributed by atoms with Crippen molar-refractivity contribution >= 4 is 23.2 Å². The van der Waals surface area contributed by atoms with Gasteiger partial charge in [0, 0.05) is 12.1 Å². The molecule has 0 spiro atoms. The SMILES string of the molecule is C[C@@H](C(=O)Nc1ccccc1[N+](=O)[O-])N(C)CC(=O)NC1CC1. The van der Waals surface area contributed by atoms with Crippen LogP contribution >= 0.6 is 0 Å². The van der Waals surface area contributed by atoms with Gasteiger partial charge in [-0.15, -0.1) is 0 Å². The number of hydrogen-bond donors (Lipinski definition) is 2. The molecule has 0 saturated heterocycles. The summed E-state index contributed by atoms with van der Waals surface area (Å²) in [6.45, 7) is 1.75. The van der Waals surface area contributed by atoms with Crippen molar-refractivity contribution in [3.8, 4) is 0 Å². The van der Waals surface area contributed by atoms with E-state index in [1.165, 1.54) is 18.2 Å². The molecule has 0 radical (unpaired) electrons. The van der Waals surface area contributed by atoms with Crippen molar-refractivity contribution in [1.82, 2.24) is 10.2 Å². The molecule has 0 heterocycles. The van der Waals surface area contributed by atoms with Gasteiger partial charge in [0.25, 0.3) is 5.69 Å². The molecule has 2 N–H and O–H groups in total. The molecule has 0 aromatic heterocycles. The molecule has 0 aliphatic heterocycles. The zero-order chi connectivity index (χ0) is 17.0. The maximum atomic E-state index is 12.2. The largest absolute Gasteiger partial charge is 0.352 e. The van der Waals surface area contributed by atoms with Gasteiger partial charge in [-0.05, 0) is 32.9 Å². The fourth-order valence-corrected chi connectivity index (χ4v) is 2.04. The summed E-state index contributed by atoms with van der Waals surface area (Å²) in [6, 6.07) is 5.62. The van der Waals surface area contributed by atoms with Crippen LogP contribution in [0.1, 0.15) is 19.8 Å². The van der Waals surface area contributed by atoms with Crippen LogP contribution in [0.5, 0.6) is 0 Å². The number of para-hydroxylation sites is 2. The molecule has 1 aromatic rings. The summed E-state index contributed by atoms with van der Waals surface area (Å²) < 4.78 is 0. The maximum Gasteiger partial charge on any atom is 0.292 e. The normalized spacial score (nSPS) is 15.1. The summed E-state index contributed by atoms with van der Waals surface area (Å²) in [5, 5.41) is 16.3. The molecule has 0 bridgehead atoms. The minimum Gasteiger partial charge on any atom is -0.352 e. The summed E-state index contributed by atoms with van der Waals surface area (Å²) >= 11 is 0. The van der Waals surface area contributed by atoms with Crippen LogP contribution < -0.4 is 10.6 Å². The average molecular weight is 320 g/mol. The molecule has 2 amide bonds. The van der Waals surface area contributed by atoms with Crippen molar-refractivity contribution in [3.63, 3.8) is 0 Å². The quantitative estimate of drug-likeness (QED) is 0.579. The molecular formula is C15H20N4O4. The summed E-state index contributed by atoms with van der Waals surface area (Å²) in [6.07, 6.45) is 2.01. The van der Waals surface area contributed by atoms with Gasteiger partial charge in [0.05, 0.1) is 17.5 Å². The Hall–Kier alpha value is -2.48. The zero-order valence-electron chi connectivity index (χ0n) is 13.1. The van der Waals surface area contributed by atoms with Crippen molar-refractivity contribution in [3.05, 3.63) is 34.4 Å². The number of likely N-dealkylation sites (N-methyl/N-ethyl adjacent to an activating group) is 1. The van der Waals surface area contributed by atoms with Crippen LogP contribution in [-0.2, 0) is 9.59 Å². The predicted octanol–water partition coefficient (Wildman–Crippen LogP) is 1.13. The highest BCUT2D eigenvalue weighted by atomic mass is 16.6. The Morgan fingerprint density at radius 3 is 2.65 bits per heavy atom. The third-order valence-corrected chi connectivity index (χ3v) is 3.73. The Balaban J connectivity index is 1.93. The van der Waals surface area contributed by atoms with Crippen LogP contribution in [-0.4, -0.2) is 47.3 Å². The standard InChI is InChI=1S/C15H20N4O4/c1-10(18(2)9-14(20)16-11-7-8-11)15(21)17-12-5-3-4-6-13(12)19(22)23/h3-6,10-11H,7-9H2,1-2H3,(H,16,20)(H,17,21)/t10-/m0/s1. The number of carbonyl (C=O) groups is 2. The first-order valence-electron chi connectivity index (χ1n) is 7.42. The smallest absolute Gasteiger partial charge is 0.292 e. The maximum absolute atomic E-state index is 12.2. The summed E-state index contributed by atoms with van der Waals surface area (Å²) in [4.78, 5) is 36.0. The molecule has 124 valence electrons. The Kier molecular flexibility index (Phi) is 5.28. The summed E-state index contributed by atoms with van der Waals surface area (Å²) in [5.41, 5.74) is -0.0210. The number of carbonyl (C=O) groups excluding carboxylic acids is 2. The molecule has 0 unspecified atom stereocenters. The molecule has 1 atom stereocenters. The number of nitro benzene ring substituents is 1. The molecule has 8 nitrogen and oxygen atoms in total. The number of amides is 2. The monoisotopic (exact) mass is 320 g/mol. The van der Waals surface area contributed by atoms with E-state index in [4.69, 9.17) is 0 Å². The highest BCUT2D eigenvalue weighted by Gasteiger charge is 2.26. The van der Waals surface area contributed by atoms with Crippen molar-refractivity contribution in [2.75, 3.05) is 18.9 Å². The van der Waals surface area contributed by atoms with Crippen LogP contribution in [0.15, 0.2) is 24.3 Å². The number of nitrogens with one attached hydrogen (secondary N) is 2. The Labute approximate surface area is 134 Å². The van der Waals surface area contributed by atoms with E-state index in [-0.39, 0.29) is 29.9 Å². The van der Waals surface area contributed by atoms with Gasteiger partial charge >= 0.3 is 0 Å². The second-order valence-corrected chi connectivity index (χ2v) is 5.70. The Morgan fingerprint density at radius 2 is 2.04 bits per heavy atom. The van der Waals surface area contributed by atoms with E-state index in [0.29, 0.717) is 0 Å². The van der Waals surface area contributed by atoms with Gasteiger partial charge in [0.2, 0.25) is 11.8 Å². The lowest BCUT2D eigenvalue weighted by molar-refractivity contribution is -0.383. The Bertz CT molecular complexity index is 615. The third kappa shape index (κ3) is 4.75. The van der Waals surface area contributed by atoms with Crippen LogP contribution in [0.25, 0.3) is 0 Å². The van der Waals surface area contributed by atoms with E-state index in [2.05, 4.69) is 10.6 Å². The minimum atomic E-state index is -0.597. The highest BCUT2D eigenvalue weighted by molar-refractivity contribution is 5.96. The predicted molar refractivity (Wildman–Crippen MR) is 85.0 cm³/mol. The first kappa shape index (κ1) is 16.9. The lowest BCUT2D eigenvalue weighted by Gasteiger charge is -2.23. The fraction of sp³-hybridized carbons (Fsp3) is 0.467. The number of rotatable bonds is 7. The number of benzene rings is 1. The molecule has 1 aliphatic carbocycles. The lowest BCUT2D eigenvalue weighted by Crippen LogP contribution is -2.45. The van der Waals surface area contributed by atoms with Crippen molar-refractivity contribution in [2.45, 2.75) is 31.8 Å². The van der Waals surface area contributed by atoms with Gasteiger partial charge in [-0.2, -0.15) is 0 Å². The average Bonchev–Trinajstić information content (AvgIpc) is 3.30. The van der Waals surface area contributed by atoms with Gasteiger partial charge in [-0.1, -0.05) is 12.1 Å². The zero-order valence-corrected chi connectivity index (χ0v) is 13.1. The molecule has 2 rings (SSSR count). The van der Waals surface area contributed by atoms with E-state index in [1.807, 2.05) is 0 Å². The van der Waals surface area contributed by atoms with Crippen LogP contribution in [0.4, 0.5) is 11.4 Å². The molecule has 1 aromatic carbocycles. The lowest BCUT2D eigenvalue weighted by atomic mass is 10.2.